The number of hydrogen-bond acceptors (Lipinski definition) is 1. The van der Waals surface area contributed by atoms with E-state index in [1.165, 1.54) is 17.5 Å². The molecule has 0 spiro atoms. The summed E-state index contributed by atoms with van der Waals surface area (Å²) in [4.78, 5) is 0. The number of aryl methyl sites for hydroxylation is 1. The maximum absolute atomic E-state index is 9.70. The van der Waals surface area contributed by atoms with E-state index in [0.717, 1.165) is 22.9 Å². The van der Waals surface area contributed by atoms with Crippen LogP contribution in [0.1, 0.15) is 23.1 Å². The molecule has 1 aliphatic rings. The van der Waals surface area contributed by atoms with Gasteiger partial charge in [-0.2, -0.15) is 0 Å². The fourth-order valence-corrected chi connectivity index (χ4v) is 2.51. The van der Waals surface area contributed by atoms with Crippen molar-refractivity contribution < 1.29 is 5.11 Å². The first-order valence-electron chi connectivity index (χ1n) is 4.20. The minimum atomic E-state index is 0.452. The van der Waals surface area contributed by atoms with Crippen molar-refractivity contribution in [1.82, 2.24) is 0 Å². The van der Waals surface area contributed by atoms with Gasteiger partial charge < -0.3 is 5.11 Å². The van der Waals surface area contributed by atoms with E-state index in [1.807, 2.05) is 6.07 Å². The summed E-state index contributed by atoms with van der Waals surface area (Å²) in [5.74, 6) is 0.452. The first-order valence-corrected chi connectivity index (χ1v) is 4.99. The SMILES string of the molecule is Cc1cc(Br)c(O)c2c1CCC2. The maximum Gasteiger partial charge on any atom is 0.133 e. The first kappa shape index (κ1) is 8.11. The van der Waals surface area contributed by atoms with Gasteiger partial charge in [-0.3, -0.25) is 0 Å². The minimum Gasteiger partial charge on any atom is -0.506 e. The summed E-state index contributed by atoms with van der Waals surface area (Å²) in [6, 6.07) is 2.00. The Morgan fingerprint density at radius 2 is 2.00 bits per heavy atom. The molecule has 1 aromatic rings. The van der Waals surface area contributed by atoms with E-state index >= 15 is 0 Å². The highest BCUT2D eigenvalue weighted by Gasteiger charge is 2.18. The van der Waals surface area contributed by atoms with Crippen molar-refractivity contribution in [3.05, 3.63) is 27.2 Å². The monoisotopic (exact) mass is 226 g/mol. The van der Waals surface area contributed by atoms with Crippen LogP contribution in [0.5, 0.6) is 5.75 Å². The lowest BCUT2D eigenvalue weighted by atomic mass is 10.0. The van der Waals surface area contributed by atoms with Crippen molar-refractivity contribution >= 4 is 15.9 Å². The van der Waals surface area contributed by atoms with Crippen molar-refractivity contribution in [3.8, 4) is 5.75 Å². The number of aromatic hydroxyl groups is 1. The van der Waals surface area contributed by atoms with E-state index in [9.17, 15) is 5.11 Å². The number of hydrogen-bond donors (Lipinski definition) is 1. The summed E-state index contributed by atoms with van der Waals surface area (Å²) in [7, 11) is 0. The molecule has 0 amide bonds. The van der Waals surface area contributed by atoms with Gasteiger partial charge in [0.25, 0.3) is 0 Å². The number of phenols is 1. The third-order valence-corrected chi connectivity index (χ3v) is 3.15. The van der Waals surface area contributed by atoms with Gasteiger partial charge in [0.2, 0.25) is 0 Å². The van der Waals surface area contributed by atoms with Crippen molar-refractivity contribution in [2.24, 2.45) is 0 Å². The molecule has 1 aromatic carbocycles. The standard InChI is InChI=1S/C10H11BrO/c1-6-5-9(11)10(12)8-4-2-3-7(6)8/h5,12H,2-4H2,1H3. The third-order valence-electron chi connectivity index (χ3n) is 2.55. The van der Waals surface area contributed by atoms with Gasteiger partial charge in [0.1, 0.15) is 5.75 Å². The second-order valence-electron chi connectivity index (χ2n) is 3.33. The highest BCUT2D eigenvalue weighted by atomic mass is 79.9. The number of benzene rings is 1. The van der Waals surface area contributed by atoms with Crippen LogP contribution in [0, 0.1) is 6.92 Å². The molecule has 2 heteroatoms. The van der Waals surface area contributed by atoms with E-state index in [0.29, 0.717) is 5.75 Å². The van der Waals surface area contributed by atoms with Crippen LogP contribution >= 0.6 is 15.9 Å². The summed E-state index contributed by atoms with van der Waals surface area (Å²) in [6.45, 7) is 2.11. The molecule has 12 heavy (non-hydrogen) atoms. The average Bonchev–Trinajstić information content (AvgIpc) is 2.48. The topological polar surface area (TPSA) is 20.2 Å². The molecule has 0 aliphatic heterocycles. The quantitative estimate of drug-likeness (QED) is 0.722. The number of fused-ring (bicyclic) bond motifs is 1. The van der Waals surface area contributed by atoms with Crippen LogP contribution < -0.4 is 0 Å². The number of halogens is 1. The largest absolute Gasteiger partial charge is 0.506 e. The predicted molar refractivity (Wildman–Crippen MR) is 52.6 cm³/mol. The Morgan fingerprint density at radius 1 is 1.33 bits per heavy atom. The zero-order chi connectivity index (χ0) is 8.72. The smallest absolute Gasteiger partial charge is 0.133 e. The average molecular weight is 227 g/mol. The Balaban J connectivity index is 2.69. The Bertz CT molecular complexity index is 331. The molecule has 1 aliphatic carbocycles. The van der Waals surface area contributed by atoms with Crippen LogP contribution in [0.3, 0.4) is 0 Å². The Hall–Kier alpha value is -0.500. The number of phenolic OH excluding ortho intramolecular Hbond substituents is 1. The highest BCUT2D eigenvalue weighted by molar-refractivity contribution is 9.10. The molecule has 0 saturated heterocycles. The summed E-state index contributed by atoms with van der Waals surface area (Å²) in [5, 5.41) is 9.70. The molecule has 0 aromatic heterocycles. The fraction of sp³-hybridized carbons (Fsp3) is 0.400. The van der Waals surface area contributed by atoms with Crippen molar-refractivity contribution in [2.75, 3.05) is 0 Å². The lowest BCUT2D eigenvalue weighted by Crippen LogP contribution is -1.88. The van der Waals surface area contributed by atoms with Crippen LogP contribution in [0.25, 0.3) is 0 Å². The Kier molecular flexibility index (Phi) is 1.87. The van der Waals surface area contributed by atoms with Gasteiger partial charge in [0, 0.05) is 0 Å². The predicted octanol–water partition coefficient (Wildman–Crippen LogP) is 2.95. The molecule has 0 fully saturated rings. The summed E-state index contributed by atoms with van der Waals surface area (Å²) in [5.41, 5.74) is 3.81. The molecule has 0 saturated carbocycles. The Labute approximate surface area is 80.5 Å². The van der Waals surface area contributed by atoms with Crippen LogP contribution in [-0.4, -0.2) is 5.11 Å². The summed E-state index contributed by atoms with van der Waals surface area (Å²) >= 11 is 3.35. The molecule has 0 atom stereocenters. The highest BCUT2D eigenvalue weighted by Crippen LogP contribution is 2.37. The van der Waals surface area contributed by atoms with E-state index in [4.69, 9.17) is 0 Å². The van der Waals surface area contributed by atoms with Gasteiger partial charge in [-0.15, -0.1) is 0 Å². The normalized spacial score (nSPS) is 14.8. The van der Waals surface area contributed by atoms with Gasteiger partial charge in [-0.1, -0.05) is 0 Å². The second-order valence-corrected chi connectivity index (χ2v) is 4.19. The van der Waals surface area contributed by atoms with Gasteiger partial charge in [0.05, 0.1) is 4.47 Å². The zero-order valence-electron chi connectivity index (χ0n) is 7.02. The van der Waals surface area contributed by atoms with E-state index in [2.05, 4.69) is 22.9 Å². The first-order chi connectivity index (χ1) is 5.70. The van der Waals surface area contributed by atoms with Crippen molar-refractivity contribution in [3.63, 3.8) is 0 Å². The number of rotatable bonds is 0. The van der Waals surface area contributed by atoms with Gasteiger partial charge in [-0.05, 0) is 64.9 Å². The van der Waals surface area contributed by atoms with Gasteiger partial charge in [0.15, 0.2) is 0 Å². The van der Waals surface area contributed by atoms with E-state index in [-0.39, 0.29) is 0 Å². The van der Waals surface area contributed by atoms with E-state index in [1.54, 1.807) is 0 Å². The Morgan fingerprint density at radius 3 is 2.75 bits per heavy atom. The molecule has 1 nitrogen and oxygen atoms in total. The van der Waals surface area contributed by atoms with Crippen LogP contribution in [-0.2, 0) is 12.8 Å². The van der Waals surface area contributed by atoms with Gasteiger partial charge >= 0.3 is 0 Å². The molecule has 1 N–H and O–H groups in total. The van der Waals surface area contributed by atoms with Gasteiger partial charge in [-0.25, -0.2) is 0 Å². The second kappa shape index (κ2) is 2.77. The molecular formula is C10H11BrO. The molecule has 2 rings (SSSR count). The zero-order valence-corrected chi connectivity index (χ0v) is 8.61. The van der Waals surface area contributed by atoms with Crippen LogP contribution in [0.2, 0.25) is 0 Å². The van der Waals surface area contributed by atoms with Crippen LogP contribution in [0.4, 0.5) is 0 Å². The third kappa shape index (κ3) is 1.06. The van der Waals surface area contributed by atoms with Crippen molar-refractivity contribution in [1.29, 1.82) is 0 Å². The fourth-order valence-electron chi connectivity index (χ4n) is 1.93. The molecule has 0 heterocycles. The molecule has 0 bridgehead atoms. The lowest BCUT2D eigenvalue weighted by Gasteiger charge is -2.07. The van der Waals surface area contributed by atoms with Crippen LogP contribution in [0.15, 0.2) is 10.5 Å². The molecule has 64 valence electrons. The van der Waals surface area contributed by atoms with E-state index < -0.39 is 0 Å². The maximum atomic E-state index is 9.70. The molecule has 0 radical (unpaired) electrons. The molecular weight excluding hydrogens is 216 g/mol. The minimum absolute atomic E-state index is 0.452. The molecule has 0 unspecified atom stereocenters. The lowest BCUT2D eigenvalue weighted by molar-refractivity contribution is 0.465. The summed E-state index contributed by atoms with van der Waals surface area (Å²) in [6.07, 6.45) is 3.34. The van der Waals surface area contributed by atoms with Crippen molar-refractivity contribution in [2.45, 2.75) is 26.2 Å². The summed E-state index contributed by atoms with van der Waals surface area (Å²) < 4.78 is 0.834.